The van der Waals surface area contributed by atoms with Gasteiger partial charge in [0.2, 0.25) is 0 Å². The van der Waals surface area contributed by atoms with Crippen LogP contribution in [0.5, 0.6) is 0 Å². The molecule has 1 aromatic carbocycles. The molecule has 7 heteroatoms. The van der Waals surface area contributed by atoms with E-state index in [9.17, 15) is 9.59 Å². The number of aromatic nitrogens is 2. The molecule has 26 heavy (non-hydrogen) atoms. The number of carbonyl (C=O) groups is 2. The van der Waals surface area contributed by atoms with Crippen LogP contribution < -0.4 is 5.32 Å². The van der Waals surface area contributed by atoms with E-state index in [-0.39, 0.29) is 17.7 Å². The summed E-state index contributed by atoms with van der Waals surface area (Å²) >= 11 is 1.36. The van der Waals surface area contributed by atoms with Crippen molar-refractivity contribution in [2.45, 2.75) is 12.3 Å². The number of hydrogen-bond donors (Lipinski definition) is 1. The van der Waals surface area contributed by atoms with E-state index in [1.165, 1.54) is 11.3 Å². The minimum absolute atomic E-state index is 0.0280. The molecule has 1 aliphatic heterocycles. The number of hydrogen-bond acceptors (Lipinski definition) is 5. The topological polar surface area (TPSA) is 75.2 Å². The molecule has 0 bridgehead atoms. The van der Waals surface area contributed by atoms with Crippen molar-refractivity contribution in [1.29, 1.82) is 0 Å². The number of nitrogens with one attached hydrogen (secondary N) is 1. The van der Waals surface area contributed by atoms with Crippen LogP contribution in [-0.2, 0) is 0 Å². The Labute approximate surface area is 154 Å². The number of benzene rings is 1. The molecule has 1 saturated heterocycles. The summed E-state index contributed by atoms with van der Waals surface area (Å²) < 4.78 is 0. The molecule has 1 N–H and O–H groups in total. The first-order valence-corrected chi connectivity index (χ1v) is 9.30. The molecule has 3 aromatic rings. The Balaban J connectivity index is 1.67. The molecular formula is C19H18N4O2S. The quantitative estimate of drug-likeness (QED) is 0.773. The van der Waals surface area contributed by atoms with Crippen molar-refractivity contribution >= 4 is 33.5 Å². The average molecular weight is 366 g/mol. The molecule has 2 aromatic heterocycles. The smallest absolute Gasteiger partial charge is 0.261 e. The number of amides is 2. The van der Waals surface area contributed by atoms with Gasteiger partial charge in [-0.1, -0.05) is 18.2 Å². The molecule has 1 aliphatic rings. The highest BCUT2D eigenvalue weighted by molar-refractivity contribution is 7.20. The fourth-order valence-electron chi connectivity index (χ4n) is 3.45. The van der Waals surface area contributed by atoms with Crippen LogP contribution >= 0.6 is 11.3 Å². The molecule has 0 saturated carbocycles. The second-order valence-corrected chi connectivity index (χ2v) is 7.24. The first-order valence-electron chi connectivity index (χ1n) is 8.49. The Morgan fingerprint density at radius 1 is 1.19 bits per heavy atom. The largest absolute Gasteiger partial charge is 0.354 e. The van der Waals surface area contributed by atoms with Gasteiger partial charge >= 0.3 is 0 Å². The summed E-state index contributed by atoms with van der Waals surface area (Å²) in [6.07, 6.45) is 4.09. The Morgan fingerprint density at radius 3 is 2.73 bits per heavy atom. The summed E-state index contributed by atoms with van der Waals surface area (Å²) in [7, 11) is 1.62. The van der Waals surface area contributed by atoms with E-state index in [2.05, 4.69) is 15.3 Å². The van der Waals surface area contributed by atoms with Gasteiger partial charge in [0, 0.05) is 49.6 Å². The predicted molar refractivity (Wildman–Crippen MR) is 101 cm³/mol. The standard InChI is InChI=1S/C19H18N4O2S/c1-20-17(24)16-14(15-18(26-16)22-9-8-21-15)13-7-10-23(11-13)19(25)12-5-3-2-4-6-12/h2-6,8-9,13H,7,10-11H2,1H3,(H,20,24)/t13-/m1/s1. The van der Waals surface area contributed by atoms with Gasteiger partial charge < -0.3 is 10.2 Å². The summed E-state index contributed by atoms with van der Waals surface area (Å²) in [6, 6.07) is 9.29. The van der Waals surface area contributed by atoms with Crippen molar-refractivity contribution in [3.8, 4) is 0 Å². The fraction of sp³-hybridized carbons (Fsp3) is 0.263. The first kappa shape index (κ1) is 16.7. The molecule has 0 radical (unpaired) electrons. The van der Waals surface area contributed by atoms with E-state index in [4.69, 9.17) is 0 Å². The molecule has 1 fully saturated rings. The second-order valence-electron chi connectivity index (χ2n) is 6.24. The maximum Gasteiger partial charge on any atom is 0.261 e. The van der Waals surface area contributed by atoms with Crippen molar-refractivity contribution < 1.29 is 9.59 Å². The highest BCUT2D eigenvalue weighted by atomic mass is 32.1. The van der Waals surface area contributed by atoms with Crippen LogP contribution in [0.2, 0.25) is 0 Å². The van der Waals surface area contributed by atoms with E-state index in [0.29, 0.717) is 23.5 Å². The number of fused-ring (bicyclic) bond motifs is 1. The first-order chi connectivity index (χ1) is 12.7. The van der Waals surface area contributed by atoms with Crippen molar-refractivity contribution in [3.63, 3.8) is 0 Å². The van der Waals surface area contributed by atoms with Crippen LogP contribution in [0, 0.1) is 0 Å². The van der Waals surface area contributed by atoms with Crippen LogP contribution in [-0.4, -0.2) is 46.8 Å². The van der Waals surface area contributed by atoms with Gasteiger partial charge in [-0.3, -0.25) is 14.6 Å². The van der Waals surface area contributed by atoms with E-state index < -0.39 is 0 Å². The van der Waals surface area contributed by atoms with Gasteiger partial charge in [0.05, 0.1) is 4.88 Å². The van der Waals surface area contributed by atoms with E-state index in [1.807, 2.05) is 35.2 Å². The van der Waals surface area contributed by atoms with Crippen molar-refractivity contribution in [2.24, 2.45) is 0 Å². The second kappa shape index (κ2) is 6.84. The minimum Gasteiger partial charge on any atom is -0.354 e. The summed E-state index contributed by atoms with van der Waals surface area (Å²) in [5.74, 6) is -0.0155. The van der Waals surface area contributed by atoms with E-state index in [1.54, 1.807) is 19.4 Å². The lowest BCUT2D eigenvalue weighted by atomic mass is 9.97. The third kappa shape index (κ3) is 2.84. The molecule has 0 unspecified atom stereocenters. The van der Waals surface area contributed by atoms with Crippen LogP contribution in [0.4, 0.5) is 0 Å². The SMILES string of the molecule is CNC(=O)c1sc2nccnc2c1[C@@H]1CCN(C(=O)c2ccccc2)C1. The van der Waals surface area contributed by atoms with E-state index >= 15 is 0 Å². The zero-order valence-electron chi connectivity index (χ0n) is 14.3. The van der Waals surface area contributed by atoms with Gasteiger partial charge in [0.1, 0.15) is 10.3 Å². The molecule has 3 heterocycles. The number of likely N-dealkylation sites (tertiary alicyclic amines) is 1. The Morgan fingerprint density at radius 2 is 1.96 bits per heavy atom. The van der Waals surface area contributed by atoms with Crippen molar-refractivity contribution in [2.75, 3.05) is 20.1 Å². The number of thiophene rings is 1. The van der Waals surface area contributed by atoms with Gasteiger partial charge in [-0.25, -0.2) is 4.98 Å². The highest BCUT2D eigenvalue weighted by Crippen LogP contribution is 2.38. The molecule has 4 rings (SSSR count). The summed E-state index contributed by atoms with van der Waals surface area (Å²) in [5.41, 5.74) is 2.38. The molecule has 2 amide bonds. The number of nitrogens with zero attached hydrogens (tertiary/aromatic N) is 3. The fourth-order valence-corrected chi connectivity index (χ4v) is 4.58. The van der Waals surface area contributed by atoms with Crippen molar-refractivity contribution in [1.82, 2.24) is 20.2 Å². The summed E-state index contributed by atoms with van der Waals surface area (Å²) in [4.78, 5) is 37.1. The lowest BCUT2D eigenvalue weighted by Crippen LogP contribution is -2.28. The Bertz CT molecular complexity index is 970. The monoisotopic (exact) mass is 366 g/mol. The van der Waals surface area contributed by atoms with Crippen molar-refractivity contribution in [3.05, 3.63) is 58.7 Å². The highest BCUT2D eigenvalue weighted by Gasteiger charge is 2.33. The lowest BCUT2D eigenvalue weighted by molar-refractivity contribution is 0.0790. The van der Waals surface area contributed by atoms with Gasteiger partial charge in [-0.05, 0) is 18.6 Å². The molecule has 0 spiro atoms. The van der Waals surface area contributed by atoms with Gasteiger partial charge in [-0.15, -0.1) is 11.3 Å². The molecule has 132 valence electrons. The van der Waals surface area contributed by atoms with Gasteiger partial charge in [0.25, 0.3) is 11.8 Å². The van der Waals surface area contributed by atoms with Gasteiger partial charge in [0.15, 0.2) is 0 Å². The Hall–Kier alpha value is -2.80. The van der Waals surface area contributed by atoms with Gasteiger partial charge in [-0.2, -0.15) is 0 Å². The van der Waals surface area contributed by atoms with Crippen LogP contribution in [0.15, 0.2) is 42.7 Å². The zero-order valence-corrected chi connectivity index (χ0v) is 15.1. The molecule has 6 nitrogen and oxygen atoms in total. The van der Waals surface area contributed by atoms with Crippen LogP contribution in [0.25, 0.3) is 10.3 Å². The third-order valence-electron chi connectivity index (χ3n) is 4.70. The van der Waals surface area contributed by atoms with E-state index in [0.717, 1.165) is 22.3 Å². The lowest BCUT2D eigenvalue weighted by Gasteiger charge is -2.17. The molecular weight excluding hydrogens is 348 g/mol. The van der Waals surface area contributed by atoms with Crippen LogP contribution in [0.3, 0.4) is 0 Å². The minimum atomic E-state index is -0.127. The maximum absolute atomic E-state index is 12.7. The zero-order chi connectivity index (χ0) is 18.1. The third-order valence-corrected chi connectivity index (χ3v) is 5.80. The summed E-state index contributed by atoms with van der Waals surface area (Å²) in [5, 5.41) is 2.70. The van der Waals surface area contributed by atoms with Crippen LogP contribution in [0.1, 0.15) is 37.9 Å². The summed E-state index contributed by atoms with van der Waals surface area (Å²) in [6.45, 7) is 1.25. The molecule has 0 aliphatic carbocycles. The normalized spacial score (nSPS) is 16.8. The Kier molecular flexibility index (Phi) is 4.38. The average Bonchev–Trinajstić information content (AvgIpc) is 3.32. The molecule has 1 atom stereocenters. The maximum atomic E-state index is 12.7. The number of rotatable bonds is 3. The predicted octanol–water partition coefficient (Wildman–Crippen LogP) is 2.68. The number of carbonyl (C=O) groups excluding carboxylic acids is 2.